The number of hydrogen-bond donors (Lipinski definition) is 1. The van der Waals surface area contributed by atoms with Gasteiger partial charge in [0.15, 0.2) is 0 Å². The number of hydrogen-bond acceptors (Lipinski definition) is 6. The third kappa shape index (κ3) is 5.04. The van der Waals surface area contributed by atoms with Gasteiger partial charge in [0.2, 0.25) is 5.82 Å². The number of nitro benzene ring substituents is 1. The molecule has 0 saturated heterocycles. The van der Waals surface area contributed by atoms with E-state index in [9.17, 15) is 23.9 Å². The van der Waals surface area contributed by atoms with Crippen molar-refractivity contribution in [2.24, 2.45) is 0 Å². The Bertz CT molecular complexity index is 683. The van der Waals surface area contributed by atoms with Gasteiger partial charge in [-0.25, -0.2) is 0 Å². The molecule has 0 aliphatic rings. The van der Waals surface area contributed by atoms with Gasteiger partial charge < -0.3 is 9.29 Å². The number of halogens is 2. The van der Waals surface area contributed by atoms with Gasteiger partial charge in [0.1, 0.15) is 9.77 Å². The number of methoxy groups -OCH3 is 1. The first kappa shape index (κ1) is 21.6. The van der Waals surface area contributed by atoms with E-state index in [1.54, 1.807) is 20.8 Å². The molecule has 1 rings (SSSR count). The predicted octanol–water partition coefficient (Wildman–Crippen LogP) is 3.22. The highest BCUT2D eigenvalue weighted by atomic mass is 35.5. The molecule has 2 atom stereocenters. The molecule has 0 aromatic heterocycles. The fourth-order valence-electron chi connectivity index (χ4n) is 2.04. The van der Waals surface area contributed by atoms with Crippen LogP contribution in [0.25, 0.3) is 0 Å². The fraction of sp³-hybridized carbons (Fsp3) is 0.533. The van der Waals surface area contributed by atoms with Gasteiger partial charge in [-0.05, 0) is 33.8 Å². The zero-order chi connectivity index (χ0) is 19.6. The summed E-state index contributed by atoms with van der Waals surface area (Å²) < 4.78 is 33.0. The molecular formula is C15H20ClFN2O5S. The van der Waals surface area contributed by atoms with Crippen molar-refractivity contribution in [1.29, 1.82) is 0 Å². The molecule has 7 nitrogen and oxygen atoms in total. The van der Waals surface area contributed by atoms with Crippen LogP contribution in [0.1, 0.15) is 39.7 Å². The molecule has 1 N–H and O–H groups in total. The summed E-state index contributed by atoms with van der Waals surface area (Å²) in [6, 6.07) is 2.11. The lowest BCUT2D eigenvalue weighted by Gasteiger charge is -2.34. The van der Waals surface area contributed by atoms with Gasteiger partial charge in [-0.2, -0.15) is 4.39 Å². The highest BCUT2D eigenvalue weighted by Crippen LogP contribution is 2.39. The first-order valence-electron chi connectivity index (χ1n) is 7.23. The lowest BCUT2D eigenvalue weighted by Crippen LogP contribution is -2.51. The number of rotatable bonds is 6. The third-order valence-electron chi connectivity index (χ3n) is 3.44. The smallest absolute Gasteiger partial charge is 0.323 e. The van der Waals surface area contributed by atoms with E-state index in [1.165, 1.54) is 20.1 Å². The van der Waals surface area contributed by atoms with Crippen LogP contribution in [0.2, 0.25) is 5.02 Å². The minimum Gasteiger partial charge on any atom is -0.598 e. The lowest BCUT2D eigenvalue weighted by atomic mass is 9.89. The first-order chi connectivity index (χ1) is 11.3. The molecule has 0 radical (unpaired) electrons. The van der Waals surface area contributed by atoms with Crippen LogP contribution >= 0.6 is 11.6 Å². The Morgan fingerprint density at radius 2 is 1.96 bits per heavy atom. The summed E-state index contributed by atoms with van der Waals surface area (Å²) >= 11 is 4.41. The van der Waals surface area contributed by atoms with E-state index in [0.717, 1.165) is 6.07 Å². The standard InChI is InChI=1S/C15H20ClFN2O5S/c1-14(2,3)25(23)18-15(4,8-11(20)24-5)9-6-7-10(17)13(12(9)16)19(21)22/h6-7,18H,8H2,1-5H3/t15?,25-/m1/s1. The number of carbonyl (C=O) groups excluding carboxylic acids is 1. The average molecular weight is 395 g/mol. The Hall–Kier alpha value is -1.42. The Labute approximate surface area is 153 Å². The topological polar surface area (TPSA) is 105 Å². The van der Waals surface area contributed by atoms with E-state index < -0.39 is 49.1 Å². The van der Waals surface area contributed by atoms with Crippen molar-refractivity contribution < 1.29 is 23.4 Å². The van der Waals surface area contributed by atoms with Gasteiger partial charge in [-0.15, -0.1) is 4.72 Å². The Balaban J connectivity index is 3.50. The van der Waals surface area contributed by atoms with Crippen LogP contribution in [-0.2, 0) is 26.4 Å². The Kier molecular flexibility index (Phi) is 6.80. The molecule has 0 amide bonds. The molecule has 0 spiro atoms. The molecule has 0 saturated carbocycles. The van der Waals surface area contributed by atoms with E-state index in [0.29, 0.717) is 0 Å². The minimum absolute atomic E-state index is 0.0743. The second-order valence-corrected chi connectivity index (χ2v) is 8.93. The van der Waals surface area contributed by atoms with Crippen LogP contribution in [-0.4, -0.2) is 27.3 Å². The summed E-state index contributed by atoms with van der Waals surface area (Å²) in [5, 5.41) is 10.6. The van der Waals surface area contributed by atoms with Crippen molar-refractivity contribution in [3.8, 4) is 0 Å². The maximum Gasteiger partial charge on any atom is 0.323 e. The highest BCUT2D eigenvalue weighted by molar-refractivity contribution is 7.90. The number of nitrogens with zero attached hydrogens (tertiary/aromatic N) is 1. The van der Waals surface area contributed by atoms with Crippen molar-refractivity contribution in [2.45, 2.75) is 44.4 Å². The summed E-state index contributed by atoms with van der Waals surface area (Å²) in [5.74, 6) is -1.75. The van der Waals surface area contributed by atoms with E-state index in [2.05, 4.69) is 9.46 Å². The summed E-state index contributed by atoms with van der Waals surface area (Å²) in [5.41, 5.74) is -2.20. The maximum atomic E-state index is 13.8. The minimum atomic E-state index is -1.64. The van der Waals surface area contributed by atoms with E-state index in [1.807, 2.05) is 0 Å². The van der Waals surface area contributed by atoms with Gasteiger partial charge in [-0.3, -0.25) is 14.9 Å². The molecular weight excluding hydrogens is 375 g/mol. The van der Waals surface area contributed by atoms with E-state index in [-0.39, 0.29) is 12.0 Å². The van der Waals surface area contributed by atoms with Gasteiger partial charge in [0.25, 0.3) is 0 Å². The van der Waals surface area contributed by atoms with Crippen molar-refractivity contribution >= 4 is 34.6 Å². The van der Waals surface area contributed by atoms with Crippen LogP contribution in [0.4, 0.5) is 10.1 Å². The quantitative estimate of drug-likeness (QED) is 0.344. The van der Waals surface area contributed by atoms with Crippen LogP contribution in [0.5, 0.6) is 0 Å². The van der Waals surface area contributed by atoms with E-state index >= 15 is 0 Å². The van der Waals surface area contributed by atoms with Crippen molar-refractivity contribution in [3.05, 3.63) is 38.7 Å². The number of nitro groups is 1. The molecule has 0 bridgehead atoms. The number of benzene rings is 1. The molecule has 0 fully saturated rings. The first-order valence-corrected chi connectivity index (χ1v) is 8.75. The zero-order valence-corrected chi connectivity index (χ0v) is 16.1. The summed E-state index contributed by atoms with van der Waals surface area (Å²) in [6.45, 7) is 6.63. The van der Waals surface area contributed by atoms with E-state index in [4.69, 9.17) is 11.6 Å². The SMILES string of the molecule is COC(=O)CC(C)(N[S@+]([O-])C(C)(C)C)c1ccc(F)c([N+](=O)[O-])c1Cl. The summed E-state index contributed by atoms with van der Waals surface area (Å²) in [6.07, 6.45) is -0.312. The molecule has 25 heavy (non-hydrogen) atoms. The highest BCUT2D eigenvalue weighted by Gasteiger charge is 2.42. The maximum absolute atomic E-state index is 13.8. The molecule has 0 aliphatic heterocycles. The molecule has 1 aromatic carbocycles. The summed E-state index contributed by atoms with van der Waals surface area (Å²) in [4.78, 5) is 22.0. The van der Waals surface area contributed by atoms with Crippen molar-refractivity contribution in [3.63, 3.8) is 0 Å². The van der Waals surface area contributed by atoms with Crippen LogP contribution in [0, 0.1) is 15.9 Å². The van der Waals surface area contributed by atoms with Crippen LogP contribution < -0.4 is 4.72 Å². The van der Waals surface area contributed by atoms with Crippen LogP contribution in [0.15, 0.2) is 12.1 Å². The molecule has 1 unspecified atom stereocenters. The molecule has 10 heteroatoms. The Morgan fingerprint density at radius 3 is 2.40 bits per heavy atom. The lowest BCUT2D eigenvalue weighted by molar-refractivity contribution is -0.387. The van der Waals surface area contributed by atoms with Crippen molar-refractivity contribution in [2.75, 3.05) is 7.11 Å². The molecule has 0 heterocycles. The Morgan fingerprint density at radius 1 is 1.40 bits per heavy atom. The molecule has 140 valence electrons. The van der Waals surface area contributed by atoms with Crippen LogP contribution in [0.3, 0.4) is 0 Å². The number of ether oxygens (including phenoxy) is 1. The third-order valence-corrected chi connectivity index (χ3v) is 5.57. The largest absolute Gasteiger partial charge is 0.598 e. The normalized spacial score (nSPS) is 15.4. The molecule has 1 aromatic rings. The number of esters is 1. The van der Waals surface area contributed by atoms with Gasteiger partial charge >= 0.3 is 11.7 Å². The fourth-order valence-corrected chi connectivity index (χ4v) is 3.37. The van der Waals surface area contributed by atoms with Crippen molar-refractivity contribution in [1.82, 2.24) is 4.72 Å². The average Bonchev–Trinajstić information content (AvgIpc) is 2.45. The number of carbonyl (C=O) groups is 1. The zero-order valence-electron chi connectivity index (χ0n) is 14.5. The predicted molar refractivity (Wildman–Crippen MR) is 93.1 cm³/mol. The monoisotopic (exact) mass is 394 g/mol. The summed E-state index contributed by atoms with van der Waals surface area (Å²) in [7, 11) is 1.18. The van der Waals surface area contributed by atoms with Gasteiger partial charge in [-0.1, -0.05) is 17.7 Å². The van der Waals surface area contributed by atoms with Gasteiger partial charge in [0, 0.05) is 16.9 Å². The van der Waals surface area contributed by atoms with Gasteiger partial charge in [0.05, 0.1) is 24.0 Å². The molecule has 0 aliphatic carbocycles. The number of nitrogens with one attached hydrogen (secondary N) is 1. The second kappa shape index (κ2) is 7.86. The second-order valence-electron chi connectivity index (χ2n) is 6.58.